The Hall–Kier alpha value is -8.76. The second-order valence-electron chi connectivity index (χ2n) is 9.88. The van der Waals surface area contributed by atoms with E-state index in [1.54, 1.807) is 30.3 Å². The lowest BCUT2D eigenvalue weighted by atomic mass is 9.83. The summed E-state index contributed by atoms with van der Waals surface area (Å²) in [7, 11) is 0. The predicted molar refractivity (Wildman–Crippen MR) is 164 cm³/mol. The van der Waals surface area contributed by atoms with Crippen molar-refractivity contribution in [2.75, 3.05) is 0 Å². The maximum atomic E-state index is 15.5. The normalized spacial score (nSPS) is 14.1. The zero-order valence-electron chi connectivity index (χ0n) is 24.3. The van der Waals surface area contributed by atoms with Crippen LogP contribution in [0.2, 0.25) is 0 Å². The molecule has 0 aliphatic heterocycles. The minimum Gasteiger partial charge on any atom is -0.237 e. The Kier molecular flexibility index (Phi) is 7.97. The molecule has 2 aliphatic carbocycles. The molecule has 0 amide bonds. The highest BCUT2D eigenvalue weighted by Crippen LogP contribution is 2.59. The molecule has 0 heterocycles. The molecule has 0 unspecified atom stereocenters. The molecule has 2 aliphatic rings. The Balaban J connectivity index is 2.16. The average molecular weight is 652 g/mol. The van der Waals surface area contributed by atoms with Crippen molar-refractivity contribution >= 4 is 39.2 Å². The van der Waals surface area contributed by atoms with E-state index in [2.05, 4.69) is 19.4 Å². The summed E-state index contributed by atoms with van der Waals surface area (Å²) in [6.07, 6.45) is 0. The second-order valence-corrected chi connectivity index (χ2v) is 9.88. The van der Waals surface area contributed by atoms with E-state index >= 15 is 8.78 Å². The van der Waals surface area contributed by atoms with Gasteiger partial charge in [0.15, 0.2) is 0 Å². The van der Waals surface area contributed by atoms with Gasteiger partial charge in [-0.2, -0.15) is 21.0 Å². The Morgan fingerprint density at radius 2 is 1.06 bits per heavy atom. The quantitative estimate of drug-likeness (QED) is 0.155. The first-order chi connectivity index (χ1) is 24.1. The number of rotatable bonds is 2. The number of benzene rings is 3. The molecule has 0 radical (unpaired) electrons. The van der Waals surface area contributed by atoms with E-state index in [0.717, 1.165) is 0 Å². The number of halogens is 4. The molecule has 0 bridgehead atoms. The zero-order chi connectivity index (χ0) is 36.6. The van der Waals surface area contributed by atoms with E-state index in [-0.39, 0.29) is 0 Å². The van der Waals surface area contributed by atoms with Gasteiger partial charge in [-0.25, -0.2) is 47.5 Å². The van der Waals surface area contributed by atoms with Gasteiger partial charge in [0.2, 0.25) is 11.4 Å². The van der Waals surface area contributed by atoms with E-state index in [1.807, 2.05) is 0 Å². The van der Waals surface area contributed by atoms with Crippen molar-refractivity contribution < 1.29 is 17.6 Å². The van der Waals surface area contributed by atoms with Gasteiger partial charge in [0.05, 0.1) is 66.8 Å². The lowest BCUT2D eigenvalue weighted by molar-refractivity contribution is 0.579. The summed E-state index contributed by atoms with van der Waals surface area (Å²) in [6.45, 7) is 30.7. The SMILES string of the molecule is [C-]#[N+]C1=C(c2cc([N+]#[C-])c(F)cc2F)/C(=C(/C#N)[N+]#[C-])c2c(C#N)c3c(c(C#N)c21)C(C#N)=C(c1cc(C#N)c(F)cc1F)/C3=C(\C#N)[N+]#[C-]. The molecule has 5 rings (SSSR count). The molecule has 10 nitrogen and oxygen atoms in total. The fourth-order valence-corrected chi connectivity index (χ4v) is 5.85. The summed E-state index contributed by atoms with van der Waals surface area (Å²) in [5, 5.41) is 61.2. The number of nitriles is 6. The van der Waals surface area contributed by atoms with E-state index in [4.69, 9.17) is 26.3 Å². The topological polar surface area (TPSA) is 160 Å². The van der Waals surface area contributed by atoms with Crippen LogP contribution in [0.1, 0.15) is 50.1 Å². The van der Waals surface area contributed by atoms with Crippen LogP contribution < -0.4 is 0 Å². The highest BCUT2D eigenvalue weighted by Gasteiger charge is 2.44. The minimum atomic E-state index is -1.37. The third-order valence-electron chi connectivity index (χ3n) is 7.70. The van der Waals surface area contributed by atoms with Gasteiger partial charge in [-0.15, -0.1) is 0 Å². The van der Waals surface area contributed by atoms with E-state index in [9.17, 15) is 40.4 Å². The van der Waals surface area contributed by atoms with Crippen LogP contribution in [0.25, 0.3) is 52.9 Å². The number of hydrogen-bond acceptors (Lipinski definition) is 6. The van der Waals surface area contributed by atoms with Crippen molar-refractivity contribution in [2.24, 2.45) is 0 Å². The molecule has 0 aromatic heterocycles. The first kappa shape index (κ1) is 32.6. The van der Waals surface area contributed by atoms with E-state index < -0.39 is 124 Å². The summed E-state index contributed by atoms with van der Waals surface area (Å²) in [4.78, 5) is 12.7. The first-order valence-electron chi connectivity index (χ1n) is 13.2. The highest BCUT2D eigenvalue weighted by molar-refractivity contribution is 6.31. The molecule has 14 heteroatoms. The van der Waals surface area contributed by atoms with Crippen LogP contribution in [0.3, 0.4) is 0 Å². The molecule has 0 saturated heterocycles. The predicted octanol–water partition coefficient (Wildman–Crippen LogP) is 7.97. The molecule has 3 aromatic rings. The molecule has 0 N–H and O–H groups in total. The standard InChI is InChI=1S/C36H4F4N10/c1-47-25-6-17(23(39)8-24(25)40)32-35(27(14-46)49-3)31-20(12-44)30-29(19(11-43)33(31)36(32)50-4)18(10-42)28(34(30)26(13-45)48-2)16-5-15(9-41)21(37)7-22(16)38/h5-8H/b34-26-,35-27-. The van der Waals surface area contributed by atoms with Crippen LogP contribution in [0.5, 0.6) is 0 Å². The fourth-order valence-electron chi connectivity index (χ4n) is 5.85. The average Bonchev–Trinajstić information content (AvgIpc) is 3.62. The number of nitrogens with zero attached hydrogens (tertiary/aromatic N) is 10. The Morgan fingerprint density at radius 1 is 0.540 bits per heavy atom. The fraction of sp³-hybridized carbons (Fsp3) is 0. The molecule has 0 saturated carbocycles. The lowest BCUT2D eigenvalue weighted by Gasteiger charge is -2.17. The van der Waals surface area contributed by atoms with Crippen LogP contribution >= 0.6 is 0 Å². The number of allylic oxidation sites excluding steroid dienone is 7. The summed E-state index contributed by atoms with van der Waals surface area (Å²) < 4.78 is 59.9. The Labute approximate surface area is 279 Å². The summed E-state index contributed by atoms with van der Waals surface area (Å²) >= 11 is 0. The third-order valence-corrected chi connectivity index (χ3v) is 7.70. The van der Waals surface area contributed by atoms with Crippen LogP contribution in [-0.4, -0.2) is 0 Å². The molecule has 0 spiro atoms. The van der Waals surface area contributed by atoms with E-state index in [0.29, 0.717) is 24.3 Å². The molecular formula is C36H4F4N10. The Morgan fingerprint density at radius 3 is 1.54 bits per heavy atom. The van der Waals surface area contributed by atoms with Crippen molar-refractivity contribution in [1.82, 2.24) is 0 Å². The van der Waals surface area contributed by atoms with Crippen molar-refractivity contribution in [3.05, 3.63) is 155 Å². The Bertz CT molecular complexity index is 2590. The van der Waals surface area contributed by atoms with Gasteiger partial charge < -0.3 is 0 Å². The van der Waals surface area contributed by atoms with Crippen LogP contribution in [-0.2, 0) is 0 Å². The lowest BCUT2D eigenvalue weighted by Crippen LogP contribution is -2.05. The minimum absolute atomic E-state index is 0.313. The molecule has 226 valence electrons. The smallest absolute Gasteiger partial charge is 0.237 e. The van der Waals surface area contributed by atoms with Crippen LogP contribution in [0.15, 0.2) is 35.7 Å². The van der Waals surface area contributed by atoms with Crippen molar-refractivity contribution in [2.45, 2.75) is 0 Å². The molecule has 50 heavy (non-hydrogen) atoms. The monoisotopic (exact) mass is 652 g/mol. The zero-order valence-corrected chi connectivity index (χ0v) is 24.3. The van der Waals surface area contributed by atoms with Gasteiger partial charge in [-0.3, -0.25) is 0 Å². The first-order valence-corrected chi connectivity index (χ1v) is 13.2. The van der Waals surface area contributed by atoms with Gasteiger partial charge in [-0.05, 0) is 40.5 Å². The summed E-state index contributed by atoms with van der Waals surface area (Å²) in [6, 6.07) is 12.0. The van der Waals surface area contributed by atoms with E-state index in [1.165, 1.54) is 6.07 Å². The maximum Gasteiger partial charge on any atom is 0.270 e. The van der Waals surface area contributed by atoms with Crippen molar-refractivity contribution in [1.29, 1.82) is 31.6 Å². The largest absolute Gasteiger partial charge is 0.270 e. The van der Waals surface area contributed by atoms with Crippen molar-refractivity contribution in [3.63, 3.8) is 0 Å². The maximum absolute atomic E-state index is 15.5. The number of fused-ring (bicyclic) bond motifs is 2. The summed E-state index contributed by atoms with van der Waals surface area (Å²) in [5.74, 6) is -5.30. The van der Waals surface area contributed by atoms with Gasteiger partial charge in [0, 0.05) is 39.5 Å². The van der Waals surface area contributed by atoms with Gasteiger partial charge in [0.1, 0.15) is 41.5 Å². The van der Waals surface area contributed by atoms with Gasteiger partial charge in [-0.1, -0.05) is 0 Å². The van der Waals surface area contributed by atoms with Gasteiger partial charge >= 0.3 is 0 Å². The van der Waals surface area contributed by atoms with Gasteiger partial charge in [0.25, 0.3) is 11.4 Å². The molecular weight excluding hydrogens is 648 g/mol. The second kappa shape index (κ2) is 12.2. The summed E-state index contributed by atoms with van der Waals surface area (Å²) in [5.41, 5.74) is -11.5. The van der Waals surface area contributed by atoms with Crippen molar-refractivity contribution in [3.8, 4) is 36.4 Å². The van der Waals surface area contributed by atoms with Crippen LogP contribution in [0.4, 0.5) is 23.2 Å². The molecule has 0 atom stereocenters. The third kappa shape index (κ3) is 4.32. The number of hydrogen-bond donors (Lipinski definition) is 0. The highest BCUT2D eigenvalue weighted by atomic mass is 19.1. The van der Waals surface area contributed by atoms with Crippen LogP contribution in [0, 0.1) is 118 Å². The molecule has 3 aromatic carbocycles. The molecule has 0 fully saturated rings.